The topological polar surface area (TPSA) is 81.4 Å². The van der Waals surface area contributed by atoms with Gasteiger partial charge in [-0.2, -0.15) is 0 Å². The zero-order valence-electron chi connectivity index (χ0n) is 11.3. The van der Waals surface area contributed by atoms with Crippen molar-refractivity contribution in [3.63, 3.8) is 0 Å². The number of ether oxygens (including phenoxy) is 1. The highest BCUT2D eigenvalue weighted by Gasteiger charge is 2.46. The summed E-state index contributed by atoms with van der Waals surface area (Å²) >= 11 is 12.1. The first-order valence-corrected chi connectivity index (χ1v) is 7.40. The summed E-state index contributed by atoms with van der Waals surface area (Å²) in [5.41, 5.74) is 5.81. The SMILES string of the molecule is NC(=O)NCCCOC(=O)[C@@H]1C[C@H]1c1cccc(Cl)c1Cl. The third kappa shape index (κ3) is 4.25. The molecule has 1 aromatic rings. The first kappa shape index (κ1) is 15.9. The number of primary amides is 1. The second-order valence-electron chi connectivity index (χ2n) is 4.90. The van der Waals surface area contributed by atoms with Crippen LogP contribution in [0.2, 0.25) is 10.0 Å². The average molecular weight is 331 g/mol. The van der Waals surface area contributed by atoms with Crippen molar-refractivity contribution in [2.24, 2.45) is 11.7 Å². The van der Waals surface area contributed by atoms with Crippen LogP contribution in [0.25, 0.3) is 0 Å². The molecule has 1 aromatic carbocycles. The van der Waals surface area contributed by atoms with Gasteiger partial charge in [0.05, 0.1) is 22.6 Å². The molecule has 1 aliphatic carbocycles. The fourth-order valence-corrected chi connectivity index (χ4v) is 2.62. The quantitative estimate of drug-likeness (QED) is 0.621. The van der Waals surface area contributed by atoms with Crippen LogP contribution in [-0.4, -0.2) is 25.2 Å². The number of urea groups is 1. The first-order valence-electron chi connectivity index (χ1n) is 6.64. The van der Waals surface area contributed by atoms with Gasteiger partial charge in [-0.1, -0.05) is 35.3 Å². The summed E-state index contributed by atoms with van der Waals surface area (Å²) in [5.74, 6) is -0.326. The Bertz CT molecular complexity index is 551. The Morgan fingerprint density at radius 3 is 2.86 bits per heavy atom. The number of esters is 1. The van der Waals surface area contributed by atoms with Crippen LogP contribution in [0.3, 0.4) is 0 Å². The van der Waals surface area contributed by atoms with Crippen LogP contribution in [0.1, 0.15) is 24.3 Å². The molecule has 0 unspecified atom stereocenters. The average Bonchev–Trinajstić information content (AvgIpc) is 3.21. The molecule has 114 valence electrons. The number of benzene rings is 1. The maximum Gasteiger partial charge on any atom is 0.312 e. The third-order valence-electron chi connectivity index (χ3n) is 3.34. The minimum absolute atomic E-state index is 0.0763. The predicted octanol–water partition coefficient (Wildman–Crippen LogP) is 2.70. The summed E-state index contributed by atoms with van der Waals surface area (Å²) in [7, 11) is 0. The molecule has 3 N–H and O–H groups in total. The molecule has 0 aromatic heterocycles. The van der Waals surface area contributed by atoms with Crippen LogP contribution in [0, 0.1) is 5.92 Å². The highest BCUT2D eigenvalue weighted by Crippen LogP contribution is 2.51. The number of hydrogen-bond donors (Lipinski definition) is 2. The minimum atomic E-state index is -0.584. The molecule has 0 bridgehead atoms. The summed E-state index contributed by atoms with van der Waals surface area (Å²) < 4.78 is 5.16. The van der Waals surface area contributed by atoms with Crippen molar-refractivity contribution in [3.8, 4) is 0 Å². The number of hydrogen-bond acceptors (Lipinski definition) is 3. The van der Waals surface area contributed by atoms with Crippen LogP contribution in [0.5, 0.6) is 0 Å². The zero-order chi connectivity index (χ0) is 15.4. The number of amides is 2. The van der Waals surface area contributed by atoms with Crippen LogP contribution >= 0.6 is 23.2 Å². The van der Waals surface area contributed by atoms with Crippen molar-refractivity contribution >= 4 is 35.2 Å². The van der Waals surface area contributed by atoms with Crippen molar-refractivity contribution in [2.75, 3.05) is 13.2 Å². The van der Waals surface area contributed by atoms with E-state index in [0.29, 0.717) is 23.0 Å². The first-order chi connectivity index (χ1) is 10.0. The number of nitrogens with one attached hydrogen (secondary N) is 1. The summed E-state index contributed by atoms with van der Waals surface area (Å²) in [4.78, 5) is 22.3. The van der Waals surface area contributed by atoms with E-state index in [4.69, 9.17) is 33.7 Å². The molecule has 0 saturated heterocycles. The largest absolute Gasteiger partial charge is 0.465 e. The number of halogens is 2. The van der Waals surface area contributed by atoms with Crippen LogP contribution in [0.4, 0.5) is 4.79 Å². The Labute approximate surface area is 132 Å². The van der Waals surface area contributed by atoms with Gasteiger partial charge in [0, 0.05) is 6.54 Å². The molecule has 7 heteroatoms. The fourth-order valence-electron chi connectivity index (χ4n) is 2.17. The molecular weight excluding hydrogens is 315 g/mol. The monoisotopic (exact) mass is 330 g/mol. The summed E-state index contributed by atoms with van der Waals surface area (Å²) in [6, 6.07) is 4.83. The Morgan fingerprint density at radius 2 is 2.14 bits per heavy atom. The number of nitrogens with two attached hydrogens (primary N) is 1. The molecular formula is C14H16Cl2N2O3. The molecule has 0 aliphatic heterocycles. The highest BCUT2D eigenvalue weighted by molar-refractivity contribution is 6.42. The molecule has 2 rings (SSSR count). The van der Waals surface area contributed by atoms with Crippen LogP contribution in [0.15, 0.2) is 18.2 Å². The van der Waals surface area contributed by atoms with Gasteiger partial charge in [-0.05, 0) is 30.4 Å². The zero-order valence-corrected chi connectivity index (χ0v) is 12.8. The second-order valence-corrected chi connectivity index (χ2v) is 5.69. The molecule has 2 atom stereocenters. The van der Waals surface area contributed by atoms with E-state index in [2.05, 4.69) is 5.32 Å². The van der Waals surface area contributed by atoms with Crippen molar-refractivity contribution in [1.29, 1.82) is 0 Å². The van der Waals surface area contributed by atoms with E-state index in [9.17, 15) is 9.59 Å². The standard InChI is InChI=1S/C14H16Cl2N2O3/c15-11-4-1-3-8(12(11)16)9-7-10(9)13(19)21-6-2-5-18-14(17)20/h1,3-4,9-10H,2,5-7H2,(H3,17,18,20)/t9-,10+/m0/s1. The third-order valence-corrected chi connectivity index (χ3v) is 4.17. The van der Waals surface area contributed by atoms with Crippen LogP contribution < -0.4 is 11.1 Å². The lowest BCUT2D eigenvalue weighted by Crippen LogP contribution is -2.30. The Hall–Kier alpha value is -1.46. The lowest BCUT2D eigenvalue weighted by molar-refractivity contribution is -0.145. The molecule has 0 spiro atoms. The van der Waals surface area contributed by atoms with Gasteiger partial charge in [-0.3, -0.25) is 4.79 Å². The van der Waals surface area contributed by atoms with E-state index >= 15 is 0 Å². The van der Waals surface area contributed by atoms with Gasteiger partial charge < -0.3 is 15.8 Å². The summed E-state index contributed by atoms with van der Waals surface area (Å²) in [6.45, 7) is 0.641. The minimum Gasteiger partial charge on any atom is -0.465 e. The molecule has 1 fully saturated rings. The van der Waals surface area contributed by atoms with E-state index in [0.717, 1.165) is 12.0 Å². The lowest BCUT2D eigenvalue weighted by atomic mass is 10.1. The van der Waals surface area contributed by atoms with Crippen LogP contribution in [-0.2, 0) is 9.53 Å². The van der Waals surface area contributed by atoms with Gasteiger partial charge in [-0.15, -0.1) is 0 Å². The van der Waals surface area contributed by atoms with Gasteiger partial charge in [0.15, 0.2) is 0 Å². The summed E-state index contributed by atoms with van der Waals surface area (Å²) in [6.07, 6.45) is 1.25. The van der Waals surface area contributed by atoms with E-state index in [1.165, 1.54) is 0 Å². The molecule has 5 nitrogen and oxygen atoms in total. The maximum absolute atomic E-state index is 11.9. The normalized spacial score (nSPS) is 19.9. The predicted molar refractivity (Wildman–Crippen MR) is 80.5 cm³/mol. The highest BCUT2D eigenvalue weighted by atomic mass is 35.5. The Kier molecular flexibility index (Phi) is 5.31. The van der Waals surface area contributed by atoms with Gasteiger partial charge in [0.2, 0.25) is 0 Å². The van der Waals surface area contributed by atoms with E-state index in [1.807, 2.05) is 12.1 Å². The van der Waals surface area contributed by atoms with Gasteiger partial charge in [0.1, 0.15) is 0 Å². The van der Waals surface area contributed by atoms with E-state index in [1.54, 1.807) is 6.07 Å². The maximum atomic E-state index is 11.9. The van der Waals surface area contributed by atoms with Crippen molar-refractivity contribution in [2.45, 2.75) is 18.8 Å². The van der Waals surface area contributed by atoms with Gasteiger partial charge in [-0.25, -0.2) is 4.79 Å². The smallest absolute Gasteiger partial charge is 0.312 e. The fraction of sp³-hybridized carbons (Fsp3) is 0.429. The Balaban J connectivity index is 1.76. The van der Waals surface area contributed by atoms with E-state index in [-0.39, 0.29) is 24.4 Å². The molecule has 0 heterocycles. The molecule has 0 radical (unpaired) electrons. The number of rotatable bonds is 6. The van der Waals surface area contributed by atoms with Crippen molar-refractivity contribution in [1.82, 2.24) is 5.32 Å². The van der Waals surface area contributed by atoms with Crippen molar-refractivity contribution < 1.29 is 14.3 Å². The van der Waals surface area contributed by atoms with Gasteiger partial charge in [0.25, 0.3) is 0 Å². The second kappa shape index (κ2) is 7.00. The van der Waals surface area contributed by atoms with E-state index < -0.39 is 6.03 Å². The molecule has 21 heavy (non-hydrogen) atoms. The van der Waals surface area contributed by atoms with Gasteiger partial charge >= 0.3 is 12.0 Å². The van der Waals surface area contributed by atoms with Crippen molar-refractivity contribution in [3.05, 3.63) is 33.8 Å². The Morgan fingerprint density at radius 1 is 1.38 bits per heavy atom. The lowest BCUT2D eigenvalue weighted by Gasteiger charge is -2.06. The number of carbonyl (C=O) groups is 2. The summed E-state index contributed by atoms with van der Waals surface area (Å²) in [5, 5.41) is 3.42. The molecule has 1 aliphatic rings. The number of carbonyl (C=O) groups excluding carboxylic acids is 2. The molecule has 1 saturated carbocycles. The molecule has 2 amide bonds.